The zero-order valence-electron chi connectivity index (χ0n) is 12.8. The molecule has 2 rings (SSSR count). The standard InChI is InChI=1S/C16H17N3O2S2/c1-12-8-10-14(11-9-12)23(20,21)19-15(18-16(22)17-2)13-6-4-3-5-7-13/h3-11H,1-2H3,(H2,17,18,19,22). The van der Waals surface area contributed by atoms with E-state index in [9.17, 15) is 8.42 Å². The van der Waals surface area contributed by atoms with Gasteiger partial charge in [-0.3, -0.25) is 0 Å². The van der Waals surface area contributed by atoms with Gasteiger partial charge in [0.25, 0.3) is 10.0 Å². The normalized spacial score (nSPS) is 11.8. The van der Waals surface area contributed by atoms with Crippen LogP contribution in [0.4, 0.5) is 0 Å². The van der Waals surface area contributed by atoms with Crippen LogP contribution in [0.3, 0.4) is 0 Å². The molecule has 0 atom stereocenters. The average Bonchev–Trinajstić information content (AvgIpc) is 2.55. The first kappa shape index (κ1) is 17.1. The number of hydrogen-bond acceptors (Lipinski definition) is 3. The average molecular weight is 347 g/mol. The molecule has 0 spiro atoms. The van der Waals surface area contributed by atoms with Crippen molar-refractivity contribution in [2.45, 2.75) is 11.8 Å². The molecule has 0 heterocycles. The Bertz CT molecular complexity index is 814. The van der Waals surface area contributed by atoms with Crippen LogP contribution in [0.2, 0.25) is 0 Å². The molecule has 0 bridgehead atoms. The topological polar surface area (TPSA) is 70.6 Å². The van der Waals surface area contributed by atoms with Gasteiger partial charge in [-0.2, -0.15) is 8.42 Å². The van der Waals surface area contributed by atoms with Gasteiger partial charge in [-0.1, -0.05) is 48.0 Å². The Kier molecular flexibility index (Phi) is 5.46. The van der Waals surface area contributed by atoms with E-state index in [0.717, 1.165) is 5.56 Å². The summed E-state index contributed by atoms with van der Waals surface area (Å²) in [6.45, 7) is 1.89. The molecule has 0 aromatic heterocycles. The fourth-order valence-electron chi connectivity index (χ4n) is 1.80. The zero-order chi connectivity index (χ0) is 16.9. The predicted octanol–water partition coefficient (Wildman–Crippen LogP) is 2.22. The van der Waals surface area contributed by atoms with Crippen molar-refractivity contribution in [3.63, 3.8) is 0 Å². The van der Waals surface area contributed by atoms with Gasteiger partial charge in [0.15, 0.2) is 10.9 Å². The van der Waals surface area contributed by atoms with E-state index in [1.807, 2.05) is 13.0 Å². The maximum atomic E-state index is 12.5. The summed E-state index contributed by atoms with van der Waals surface area (Å²) in [5, 5.41) is 5.84. The number of aryl methyl sites for hydroxylation is 1. The summed E-state index contributed by atoms with van der Waals surface area (Å²) in [6.07, 6.45) is 0. The lowest BCUT2D eigenvalue weighted by Crippen LogP contribution is -2.38. The number of amidine groups is 1. The molecule has 0 aliphatic heterocycles. The Morgan fingerprint density at radius 3 is 2.22 bits per heavy atom. The summed E-state index contributed by atoms with van der Waals surface area (Å²) in [5.74, 6) is 0.172. The summed E-state index contributed by atoms with van der Waals surface area (Å²) in [5.41, 5.74) is 1.60. The van der Waals surface area contributed by atoms with Crippen molar-refractivity contribution < 1.29 is 8.42 Å². The van der Waals surface area contributed by atoms with Crippen LogP contribution in [0, 0.1) is 6.92 Å². The highest BCUT2D eigenvalue weighted by Crippen LogP contribution is 2.14. The van der Waals surface area contributed by atoms with E-state index >= 15 is 0 Å². The Morgan fingerprint density at radius 1 is 1.04 bits per heavy atom. The van der Waals surface area contributed by atoms with Crippen molar-refractivity contribution in [3.05, 3.63) is 65.7 Å². The molecule has 0 amide bonds. The van der Waals surface area contributed by atoms with Gasteiger partial charge in [-0.25, -0.2) is 0 Å². The van der Waals surface area contributed by atoms with Gasteiger partial charge < -0.3 is 10.6 Å². The molecule has 0 radical (unpaired) electrons. The van der Waals surface area contributed by atoms with Crippen LogP contribution < -0.4 is 10.6 Å². The summed E-state index contributed by atoms with van der Waals surface area (Å²) >= 11 is 5.06. The molecule has 7 heteroatoms. The van der Waals surface area contributed by atoms with E-state index in [1.165, 1.54) is 12.1 Å². The maximum absolute atomic E-state index is 12.5. The fraction of sp³-hybridized carbons (Fsp3) is 0.125. The second kappa shape index (κ2) is 7.34. The smallest absolute Gasteiger partial charge is 0.284 e. The zero-order valence-corrected chi connectivity index (χ0v) is 14.4. The Balaban J connectivity index is 2.47. The number of benzene rings is 2. The molecular weight excluding hydrogens is 330 g/mol. The molecule has 5 nitrogen and oxygen atoms in total. The number of thiocarbonyl (C=S) groups is 1. The van der Waals surface area contributed by atoms with Crippen molar-refractivity contribution >= 4 is 33.2 Å². The van der Waals surface area contributed by atoms with Crippen molar-refractivity contribution in [2.24, 2.45) is 4.40 Å². The minimum atomic E-state index is -3.84. The van der Waals surface area contributed by atoms with E-state index in [0.29, 0.717) is 5.56 Å². The van der Waals surface area contributed by atoms with Crippen LogP contribution >= 0.6 is 12.2 Å². The van der Waals surface area contributed by atoms with Crippen LogP contribution in [-0.2, 0) is 10.0 Å². The van der Waals surface area contributed by atoms with Gasteiger partial charge in [0.05, 0.1) is 4.90 Å². The highest BCUT2D eigenvalue weighted by atomic mass is 32.2. The van der Waals surface area contributed by atoms with Gasteiger partial charge in [-0.15, -0.1) is 4.40 Å². The molecule has 2 N–H and O–H groups in total. The third-order valence-electron chi connectivity index (χ3n) is 3.04. The lowest BCUT2D eigenvalue weighted by Gasteiger charge is -2.11. The predicted molar refractivity (Wildman–Crippen MR) is 96.1 cm³/mol. The molecule has 120 valence electrons. The number of rotatable bonds is 3. The molecule has 23 heavy (non-hydrogen) atoms. The van der Waals surface area contributed by atoms with E-state index in [4.69, 9.17) is 12.2 Å². The van der Waals surface area contributed by atoms with Crippen LogP contribution in [0.1, 0.15) is 11.1 Å². The first-order valence-electron chi connectivity index (χ1n) is 6.88. The van der Waals surface area contributed by atoms with Crippen molar-refractivity contribution in [3.8, 4) is 0 Å². The largest absolute Gasteiger partial charge is 0.365 e. The molecule has 0 aliphatic carbocycles. The van der Waals surface area contributed by atoms with E-state index in [-0.39, 0.29) is 15.8 Å². The van der Waals surface area contributed by atoms with Crippen LogP contribution in [0.5, 0.6) is 0 Å². The fourth-order valence-corrected chi connectivity index (χ4v) is 2.87. The van der Waals surface area contributed by atoms with Gasteiger partial charge in [0.2, 0.25) is 0 Å². The van der Waals surface area contributed by atoms with E-state index < -0.39 is 10.0 Å². The van der Waals surface area contributed by atoms with Gasteiger partial charge >= 0.3 is 0 Å². The summed E-state index contributed by atoms with van der Waals surface area (Å²) in [7, 11) is -2.19. The number of sulfonamides is 1. The summed E-state index contributed by atoms with van der Waals surface area (Å²) in [4.78, 5) is 0.133. The SMILES string of the molecule is CNC(=S)NC(=NS(=O)(=O)c1ccc(C)cc1)c1ccccc1. The third kappa shape index (κ3) is 4.61. The second-order valence-corrected chi connectivity index (χ2v) is 6.81. The summed E-state index contributed by atoms with van der Waals surface area (Å²) in [6, 6.07) is 15.5. The molecular formula is C16H17N3O2S2. The van der Waals surface area contributed by atoms with Crippen LogP contribution in [0.25, 0.3) is 0 Å². The van der Waals surface area contributed by atoms with Crippen molar-refractivity contribution in [1.29, 1.82) is 0 Å². The second-order valence-electron chi connectivity index (χ2n) is 4.80. The van der Waals surface area contributed by atoms with E-state index in [1.54, 1.807) is 43.4 Å². The molecule has 2 aromatic rings. The summed E-state index contributed by atoms with van der Waals surface area (Å²) < 4.78 is 28.9. The highest BCUT2D eigenvalue weighted by molar-refractivity contribution is 7.90. The molecule has 2 aromatic carbocycles. The minimum Gasteiger partial charge on any atom is -0.365 e. The van der Waals surface area contributed by atoms with Crippen molar-refractivity contribution in [1.82, 2.24) is 10.6 Å². The molecule has 0 aliphatic rings. The quantitative estimate of drug-likeness (QED) is 0.506. The van der Waals surface area contributed by atoms with Crippen LogP contribution in [0.15, 0.2) is 63.9 Å². The first-order chi connectivity index (χ1) is 10.9. The lowest BCUT2D eigenvalue weighted by molar-refractivity contribution is 0.598. The number of nitrogens with one attached hydrogen (secondary N) is 2. The van der Waals surface area contributed by atoms with Crippen molar-refractivity contribution in [2.75, 3.05) is 7.05 Å². The Hall–Kier alpha value is -2.25. The molecule has 0 unspecified atom stereocenters. The highest BCUT2D eigenvalue weighted by Gasteiger charge is 2.16. The molecule has 0 saturated carbocycles. The maximum Gasteiger partial charge on any atom is 0.284 e. The number of nitrogens with zero attached hydrogens (tertiary/aromatic N) is 1. The van der Waals surface area contributed by atoms with Crippen LogP contribution in [-0.4, -0.2) is 26.4 Å². The van der Waals surface area contributed by atoms with E-state index in [2.05, 4.69) is 15.0 Å². The Morgan fingerprint density at radius 2 is 1.65 bits per heavy atom. The monoisotopic (exact) mass is 347 g/mol. The number of hydrogen-bond donors (Lipinski definition) is 2. The third-order valence-corrected chi connectivity index (χ3v) is 4.63. The molecule has 0 saturated heterocycles. The van der Waals surface area contributed by atoms with Gasteiger partial charge in [0.1, 0.15) is 0 Å². The minimum absolute atomic E-state index is 0.133. The molecule has 0 fully saturated rings. The van der Waals surface area contributed by atoms with Gasteiger partial charge in [-0.05, 0) is 31.3 Å². The lowest BCUT2D eigenvalue weighted by atomic mass is 10.2. The Labute approximate surface area is 141 Å². The first-order valence-corrected chi connectivity index (χ1v) is 8.73. The van der Waals surface area contributed by atoms with Gasteiger partial charge in [0, 0.05) is 12.6 Å².